The van der Waals surface area contributed by atoms with Gasteiger partial charge in [-0.1, -0.05) is 107 Å². The molecule has 0 bridgehead atoms. The van der Waals surface area contributed by atoms with Crippen LogP contribution in [0.15, 0.2) is 154 Å². The zero-order valence-electron chi connectivity index (χ0n) is 21.8. The topological polar surface area (TPSA) is 29.1 Å². The molecular weight excluding hydrogens is 572 g/mol. The predicted molar refractivity (Wildman–Crippen MR) is 174 cm³/mol. The number of hydrogen-bond acceptors (Lipinski definition) is 2. The lowest BCUT2D eigenvalue weighted by Crippen LogP contribution is -2.38. The smallest absolute Gasteiger partial charge is 0.258 e. The van der Waals surface area contributed by atoms with Crippen LogP contribution in [0.4, 0.5) is 0 Å². The van der Waals surface area contributed by atoms with Gasteiger partial charge in [-0.3, -0.25) is 10.1 Å². The number of hydrogen-bond donors (Lipinski definition) is 1. The van der Waals surface area contributed by atoms with Gasteiger partial charge in [-0.15, -0.1) is 0 Å². The zero-order valence-corrected chi connectivity index (χ0v) is 25.0. The third kappa shape index (κ3) is 6.04. The van der Waals surface area contributed by atoms with E-state index in [2.05, 4.69) is 72.9 Å². The van der Waals surface area contributed by atoms with E-state index >= 15 is 0 Å². The van der Waals surface area contributed by atoms with Gasteiger partial charge in [0.15, 0.2) is 7.26 Å². The molecule has 5 aromatic carbocycles. The van der Waals surface area contributed by atoms with Gasteiger partial charge in [0.05, 0.1) is 0 Å². The van der Waals surface area contributed by atoms with Crippen LogP contribution >= 0.6 is 42.2 Å². The summed E-state index contributed by atoms with van der Waals surface area (Å²) in [5.41, 5.74) is 2.35. The highest BCUT2D eigenvalue weighted by Crippen LogP contribution is 2.64. The van der Waals surface area contributed by atoms with Gasteiger partial charge in [0.25, 0.3) is 5.91 Å². The molecule has 0 saturated heterocycles. The first-order valence-corrected chi connectivity index (χ1v) is 16.1. The van der Waals surface area contributed by atoms with Crippen LogP contribution in [0.5, 0.6) is 0 Å². The molecule has 5 aromatic rings. The van der Waals surface area contributed by atoms with E-state index < -0.39 is 7.26 Å². The van der Waals surface area contributed by atoms with Crippen molar-refractivity contribution in [1.82, 2.24) is 5.32 Å². The van der Waals surface area contributed by atoms with Crippen LogP contribution < -0.4 is 21.2 Å². The Morgan fingerprint density at radius 2 is 1.10 bits per heavy atom. The molecular formula is C34H27Cl2NOPS+. The number of carbonyl (C=O) groups is 1. The summed E-state index contributed by atoms with van der Waals surface area (Å²) in [4.78, 5) is 14.9. The number of thioether (sulfide) groups is 1. The number of nitrogens with one attached hydrogen (secondary N) is 1. The minimum Gasteiger partial charge on any atom is -0.290 e. The van der Waals surface area contributed by atoms with Gasteiger partial charge in [0.1, 0.15) is 20.3 Å². The average Bonchev–Trinajstić information content (AvgIpc) is 3.00. The fourth-order valence-corrected chi connectivity index (χ4v) is 10.6. The summed E-state index contributed by atoms with van der Waals surface area (Å²) in [7, 11) is -2.68. The van der Waals surface area contributed by atoms with Crippen molar-refractivity contribution < 1.29 is 4.79 Å². The lowest BCUT2D eigenvalue weighted by Gasteiger charge is -2.30. The van der Waals surface area contributed by atoms with Crippen molar-refractivity contribution in [2.75, 3.05) is 0 Å². The molecule has 0 radical (unpaired) electrons. The summed E-state index contributed by atoms with van der Waals surface area (Å²) < 4.78 is 0.510. The lowest BCUT2D eigenvalue weighted by molar-refractivity contribution is 0.0968. The molecule has 198 valence electrons. The SMILES string of the molecule is Cc1ccc(S/C(Cl)=C(\NC(=O)c2ccc(Cl)cc2)[P+](c2ccccc2)(c2ccccc2)c2ccccc2)cc1. The van der Waals surface area contributed by atoms with Gasteiger partial charge < -0.3 is 0 Å². The zero-order chi connectivity index (χ0) is 28.0. The van der Waals surface area contributed by atoms with Crippen molar-refractivity contribution in [3.05, 3.63) is 165 Å². The minimum atomic E-state index is -2.68. The Bertz CT molecular complexity index is 1510. The van der Waals surface area contributed by atoms with E-state index in [0.717, 1.165) is 20.8 Å². The number of benzene rings is 5. The number of halogens is 2. The highest BCUT2D eigenvalue weighted by molar-refractivity contribution is 8.06. The molecule has 0 aromatic heterocycles. The molecule has 0 spiro atoms. The molecule has 6 heteroatoms. The first-order chi connectivity index (χ1) is 19.5. The first kappa shape index (κ1) is 28.2. The van der Waals surface area contributed by atoms with E-state index in [0.29, 0.717) is 20.4 Å². The predicted octanol–water partition coefficient (Wildman–Crippen LogP) is 8.53. The highest BCUT2D eigenvalue weighted by atomic mass is 35.5. The van der Waals surface area contributed by atoms with Gasteiger partial charge >= 0.3 is 0 Å². The average molecular weight is 600 g/mol. The fourth-order valence-electron chi connectivity index (χ4n) is 4.59. The number of aryl methyl sites for hydroxylation is 1. The van der Waals surface area contributed by atoms with Crippen molar-refractivity contribution >= 4 is 64.0 Å². The number of amides is 1. The van der Waals surface area contributed by atoms with Gasteiger partial charge in [0, 0.05) is 15.5 Å². The molecule has 1 amide bonds. The maximum atomic E-state index is 13.9. The molecule has 2 nitrogen and oxygen atoms in total. The summed E-state index contributed by atoms with van der Waals surface area (Å²) in [5, 5.41) is 7.14. The molecule has 0 aliphatic heterocycles. The molecule has 1 N–H and O–H groups in total. The van der Waals surface area contributed by atoms with Crippen molar-refractivity contribution in [2.24, 2.45) is 0 Å². The quantitative estimate of drug-likeness (QED) is 0.143. The first-order valence-electron chi connectivity index (χ1n) is 12.8. The van der Waals surface area contributed by atoms with Crippen molar-refractivity contribution in [3.63, 3.8) is 0 Å². The van der Waals surface area contributed by atoms with E-state index in [9.17, 15) is 4.79 Å². The summed E-state index contributed by atoms with van der Waals surface area (Å²) in [6, 6.07) is 46.1. The van der Waals surface area contributed by atoms with Crippen LogP contribution in [0.2, 0.25) is 5.02 Å². The van der Waals surface area contributed by atoms with Crippen LogP contribution in [-0.2, 0) is 0 Å². The largest absolute Gasteiger partial charge is 0.290 e. The highest BCUT2D eigenvalue weighted by Gasteiger charge is 2.52. The van der Waals surface area contributed by atoms with Crippen LogP contribution in [0.1, 0.15) is 15.9 Å². The summed E-state index contributed by atoms with van der Waals surface area (Å²) >= 11 is 14.9. The van der Waals surface area contributed by atoms with Gasteiger partial charge in [0.2, 0.25) is 5.44 Å². The van der Waals surface area contributed by atoms with Crippen molar-refractivity contribution in [2.45, 2.75) is 11.8 Å². The van der Waals surface area contributed by atoms with Crippen molar-refractivity contribution in [3.8, 4) is 0 Å². The summed E-state index contributed by atoms with van der Waals surface area (Å²) in [6.07, 6.45) is 0. The van der Waals surface area contributed by atoms with E-state index in [1.807, 2.05) is 54.6 Å². The third-order valence-corrected chi connectivity index (χ3v) is 12.6. The number of carbonyl (C=O) groups excluding carboxylic acids is 1. The second kappa shape index (κ2) is 12.9. The minimum absolute atomic E-state index is 0.249. The Morgan fingerprint density at radius 3 is 1.55 bits per heavy atom. The van der Waals surface area contributed by atoms with Crippen LogP contribution in [0, 0.1) is 6.92 Å². The van der Waals surface area contributed by atoms with E-state index in [1.54, 1.807) is 24.3 Å². The Morgan fingerprint density at radius 1 is 0.650 bits per heavy atom. The monoisotopic (exact) mass is 598 g/mol. The van der Waals surface area contributed by atoms with Crippen LogP contribution in [0.3, 0.4) is 0 Å². The molecule has 0 fully saturated rings. The molecule has 40 heavy (non-hydrogen) atoms. The van der Waals surface area contributed by atoms with Gasteiger partial charge in [-0.2, -0.15) is 0 Å². The normalized spacial score (nSPS) is 12.0. The summed E-state index contributed by atoms with van der Waals surface area (Å²) in [5.74, 6) is -0.249. The maximum Gasteiger partial charge on any atom is 0.258 e. The van der Waals surface area contributed by atoms with E-state index in [4.69, 9.17) is 23.2 Å². The molecule has 0 saturated carbocycles. The second-order valence-electron chi connectivity index (χ2n) is 9.18. The molecule has 5 rings (SSSR count). The Hall–Kier alpha value is -3.33. The van der Waals surface area contributed by atoms with E-state index in [-0.39, 0.29) is 5.91 Å². The van der Waals surface area contributed by atoms with Gasteiger partial charge in [-0.05, 0) is 79.7 Å². The lowest BCUT2D eigenvalue weighted by atomic mass is 10.2. The Labute approximate surface area is 250 Å². The standard InChI is InChI=1S/C34H26Cl2NOPS/c1-25-17-23-31(24-18-25)40-32(36)34(37-33(38)26-19-21-27(35)22-20-26)39(28-11-5-2-6-12-28,29-13-7-3-8-14-29)30-15-9-4-10-16-30/h2-24H,1H3/p+1/b34-32+. The Balaban J connectivity index is 1.80. The molecule has 0 aliphatic rings. The molecule has 0 aliphatic carbocycles. The van der Waals surface area contributed by atoms with Crippen LogP contribution in [-0.4, -0.2) is 5.91 Å². The van der Waals surface area contributed by atoms with Gasteiger partial charge in [-0.25, -0.2) is 0 Å². The molecule has 0 atom stereocenters. The maximum absolute atomic E-state index is 13.9. The fraction of sp³-hybridized carbons (Fsp3) is 0.0294. The molecule has 0 heterocycles. The van der Waals surface area contributed by atoms with Crippen LogP contribution in [0.25, 0.3) is 0 Å². The van der Waals surface area contributed by atoms with Crippen molar-refractivity contribution in [1.29, 1.82) is 0 Å². The third-order valence-electron chi connectivity index (χ3n) is 6.52. The van der Waals surface area contributed by atoms with E-state index in [1.165, 1.54) is 17.3 Å². The second-order valence-corrected chi connectivity index (χ2v) is 14.6. The summed E-state index contributed by atoms with van der Waals surface area (Å²) in [6.45, 7) is 2.06. The Kier molecular flexibility index (Phi) is 9.09. The number of rotatable bonds is 8. The molecule has 0 unspecified atom stereocenters.